The first-order chi connectivity index (χ1) is 21.0. The van der Waals surface area contributed by atoms with Gasteiger partial charge in [-0.25, -0.2) is 0 Å². The van der Waals surface area contributed by atoms with E-state index in [4.69, 9.17) is 4.74 Å². The molecule has 0 radical (unpaired) electrons. The van der Waals surface area contributed by atoms with Gasteiger partial charge < -0.3 is 19.9 Å². The molecule has 1 aromatic heterocycles. The van der Waals surface area contributed by atoms with Crippen molar-refractivity contribution < 1.29 is 27.5 Å². The number of halogens is 3. The summed E-state index contributed by atoms with van der Waals surface area (Å²) in [7, 11) is 1.52. The number of nitrogens with zero attached hydrogens (tertiary/aromatic N) is 4. The molecule has 1 fully saturated rings. The zero-order valence-corrected chi connectivity index (χ0v) is 25.3. The Kier molecular flexibility index (Phi) is 9.55. The van der Waals surface area contributed by atoms with E-state index in [1.54, 1.807) is 23.1 Å². The van der Waals surface area contributed by atoms with Gasteiger partial charge in [0.25, 0.3) is 5.91 Å². The molecule has 0 saturated carbocycles. The van der Waals surface area contributed by atoms with Gasteiger partial charge in [0.1, 0.15) is 17.2 Å². The van der Waals surface area contributed by atoms with E-state index < -0.39 is 11.7 Å². The zero-order valence-electron chi connectivity index (χ0n) is 25.3. The van der Waals surface area contributed by atoms with Crippen LogP contribution in [0.1, 0.15) is 58.2 Å². The van der Waals surface area contributed by atoms with E-state index in [-0.39, 0.29) is 42.1 Å². The average Bonchev–Trinajstić information content (AvgIpc) is 3.01. The van der Waals surface area contributed by atoms with E-state index in [0.717, 1.165) is 49.9 Å². The van der Waals surface area contributed by atoms with E-state index in [9.17, 15) is 22.8 Å². The third-order valence-corrected chi connectivity index (χ3v) is 8.55. The third kappa shape index (κ3) is 7.22. The van der Waals surface area contributed by atoms with Crippen molar-refractivity contribution in [3.63, 3.8) is 0 Å². The van der Waals surface area contributed by atoms with Crippen LogP contribution in [0.15, 0.2) is 54.7 Å². The Morgan fingerprint density at radius 3 is 2.41 bits per heavy atom. The molecule has 3 aromatic rings. The molecule has 2 aliphatic heterocycles. The third-order valence-electron chi connectivity index (χ3n) is 8.55. The van der Waals surface area contributed by atoms with E-state index in [2.05, 4.69) is 27.0 Å². The van der Waals surface area contributed by atoms with Gasteiger partial charge in [0.05, 0.1) is 18.0 Å². The number of aromatic nitrogens is 1. The predicted molar refractivity (Wildman–Crippen MR) is 161 cm³/mol. The number of carbonyl (C=O) groups excluding carboxylic acids is 2. The van der Waals surface area contributed by atoms with Crippen LogP contribution in [-0.4, -0.2) is 77.8 Å². The minimum Gasteiger partial charge on any atom is -0.457 e. The number of rotatable bonds is 8. The summed E-state index contributed by atoms with van der Waals surface area (Å²) in [5.74, 6) is 0.434. The number of likely N-dealkylation sites (N-methyl/N-ethyl adjacent to an activating group) is 1. The van der Waals surface area contributed by atoms with Gasteiger partial charge in [-0.15, -0.1) is 0 Å². The minimum absolute atomic E-state index is 0.117. The van der Waals surface area contributed by atoms with Gasteiger partial charge in [-0.05, 0) is 66.4 Å². The van der Waals surface area contributed by atoms with Crippen LogP contribution in [0.3, 0.4) is 0 Å². The number of pyridine rings is 1. The second-order valence-electron chi connectivity index (χ2n) is 11.3. The van der Waals surface area contributed by atoms with Crippen molar-refractivity contribution in [1.29, 1.82) is 0 Å². The van der Waals surface area contributed by atoms with Crippen molar-refractivity contribution in [2.75, 3.05) is 46.3 Å². The molecule has 2 amide bonds. The second-order valence-corrected chi connectivity index (χ2v) is 11.3. The number of amides is 2. The van der Waals surface area contributed by atoms with Gasteiger partial charge in [-0.2, -0.15) is 13.2 Å². The molecule has 234 valence electrons. The molecule has 2 aliphatic rings. The highest BCUT2D eigenvalue weighted by atomic mass is 19.4. The molecular formula is C33H38F3N5O3. The number of alkyl halides is 3. The quantitative estimate of drug-likeness (QED) is 0.384. The first-order valence-corrected chi connectivity index (χ1v) is 15.0. The van der Waals surface area contributed by atoms with Crippen molar-refractivity contribution in [3.8, 4) is 11.5 Å². The van der Waals surface area contributed by atoms with Crippen molar-refractivity contribution >= 4 is 11.8 Å². The number of nitrogens with one attached hydrogen (secondary N) is 1. The van der Waals surface area contributed by atoms with Crippen LogP contribution in [0.25, 0.3) is 0 Å². The smallest absolute Gasteiger partial charge is 0.416 e. The molecule has 5 rings (SSSR count). The van der Waals surface area contributed by atoms with Crippen molar-refractivity contribution in [2.45, 2.75) is 45.5 Å². The Morgan fingerprint density at radius 2 is 1.70 bits per heavy atom. The molecule has 0 unspecified atom stereocenters. The van der Waals surface area contributed by atoms with Gasteiger partial charge >= 0.3 is 6.18 Å². The van der Waals surface area contributed by atoms with Gasteiger partial charge in [-0.1, -0.05) is 25.1 Å². The Morgan fingerprint density at radius 1 is 0.977 bits per heavy atom. The summed E-state index contributed by atoms with van der Waals surface area (Å²) in [4.78, 5) is 35.5. The summed E-state index contributed by atoms with van der Waals surface area (Å²) in [6.45, 7) is 8.79. The summed E-state index contributed by atoms with van der Waals surface area (Å²) < 4.78 is 48.4. The van der Waals surface area contributed by atoms with Crippen LogP contribution in [0, 0.1) is 0 Å². The Balaban J connectivity index is 1.28. The monoisotopic (exact) mass is 609 g/mol. The fourth-order valence-electron chi connectivity index (χ4n) is 5.98. The molecule has 0 bridgehead atoms. The van der Waals surface area contributed by atoms with Crippen LogP contribution >= 0.6 is 0 Å². The summed E-state index contributed by atoms with van der Waals surface area (Å²) in [5, 5.41) is 2.53. The molecule has 1 N–H and O–H groups in total. The topological polar surface area (TPSA) is 78.0 Å². The fraction of sp³-hybridized carbons (Fsp3) is 0.424. The summed E-state index contributed by atoms with van der Waals surface area (Å²) >= 11 is 0. The summed E-state index contributed by atoms with van der Waals surface area (Å²) in [6.07, 6.45) is -2.51. The van der Waals surface area contributed by atoms with Crippen LogP contribution in [0.5, 0.6) is 11.5 Å². The predicted octanol–water partition coefficient (Wildman–Crippen LogP) is 5.08. The molecule has 0 spiro atoms. The lowest BCUT2D eigenvalue weighted by atomic mass is 9.92. The van der Waals surface area contributed by atoms with Crippen LogP contribution in [0.2, 0.25) is 0 Å². The average molecular weight is 610 g/mol. The fourth-order valence-corrected chi connectivity index (χ4v) is 5.98. The highest BCUT2D eigenvalue weighted by Crippen LogP contribution is 2.36. The lowest BCUT2D eigenvalue weighted by molar-refractivity contribution is -0.139. The summed E-state index contributed by atoms with van der Waals surface area (Å²) in [5.41, 5.74) is 2.14. The Labute approximate surface area is 255 Å². The Hall–Kier alpha value is -3.96. The van der Waals surface area contributed by atoms with Crippen molar-refractivity contribution in [2.24, 2.45) is 0 Å². The number of benzene rings is 2. The van der Waals surface area contributed by atoms with Crippen molar-refractivity contribution in [3.05, 3.63) is 88.2 Å². The number of ether oxygens (including phenoxy) is 1. The molecule has 1 saturated heterocycles. The van der Waals surface area contributed by atoms with Gasteiger partial charge in [-0.3, -0.25) is 19.5 Å². The number of piperazine rings is 1. The molecule has 8 nitrogen and oxygen atoms in total. The molecular weight excluding hydrogens is 571 g/mol. The molecule has 44 heavy (non-hydrogen) atoms. The minimum atomic E-state index is -4.51. The maximum absolute atomic E-state index is 14.1. The number of hydrogen-bond donors (Lipinski definition) is 1. The second kappa shape index (κ2) is 13.4. The van der Waals surface area contributed by atoms with Gasteiger partial charge in [0.2, 0.25) is 5.91 Å². The SMILES string of the molecule is CCN1CCN(Cc2ccc(CC(=O)N3CCc4ccc(Oc5ccnc(C(=O)NC)c5)cc4[C@@H]3C)cc2C(F)(F)F)CC1. The first kappa shape index (κ1) is 31.5. The van der Waals surface area contributed by atoms with Crippen LogP contribution < -0.4 is 10.1 Å². The number of fused-ring (bicyclic) bond motifs is 1. The molecule has 3 heterocycles. The normalized spacial score (nSPS) is 17.7. The maximum Gasteiger partial charge on any atom is 0.416 e. The molecule has 0 aliphatic carbocycles. The number of hydrogen-bond acceptors (Lipinski definition) is 6. The van der Waals surface area contributed by atoms with Crippen LogP contribution in [0.4, 0.5) is 13.2 Å². The molecule has 2 aromatic carbocycles. The maximum atomic E-state index is 14.1. The van der Waals surface area contributed by atoms with E-state index in [1.807, 2.05) is 25.1 Å². The summed E-state index contributed by atoms with van der Waals surface area (Å²) in [6, 6.07) is 12.9. The van der Waals surface area contributed by atoms with Gasteiger partial charge in [0.15, 0.2) is 0 Å². The first-order valence-electron chi connectivity index (χ1n) is 15.0. The standard InChI is InChI=1S/C33H38F3N5O3/c1-4-39-13-15-40(16-14-39)21-25-6-5-23(17-29(25)33(34,35)36)18-31(42)41-12-10-24-7-8-26(19-28(24)22(41)2)44-27-9-11-38-30(20-27)32(43)37-3/h5-9,11,17,19-20,22H,4,10,12-16,18,21H2,1-3H3,(H,37,43)/t22-/m0/s1. The highest BCUT2D eigenvalue weighted by molar-refractivity contribution is 5.92. The molecule has 1 atom stereocenters. The van der Waals surface area contributed by atoms with E-state index in [1.165, 1.54) is 19.3 Å². The highest BCUT2D eigenvalue weighted by Gasteiger charge is 2.35. The van der Waals surface area contributed by atoms with E-state index >= 15 is 0 Å². The van der Waals surface area contributed by atoms with E-state index in [0.29, 0.717) is 30.0 Å². The lowest BCUT2D eigenvalue weighted by Gasteiger charge is -2.36. The van der Waals surface area contributed by atoms with Gasteiger partial charge in [0, 0.05) is 58.6 Å². The van der Waals surface area contributed by atoms with Crippen molar-refractivity contribution in [1.82, 2.24) is 25.0 Å². The molecule has 11 heteroatoms. The zero-order chi connectivity index (χ0) is 31.4. The number of carbonyl (C=O) groups is 2. The largest absolute Gasteiger partial charge is 0.457 e. The lowest BCUT2D eigenvalue weighted by Crippen LogP contribution is -2.45. The Bertz CT molecular complexity index is 1500. The van der Waals surface area contributed by atoms with Crippen LogP contribution in [-0.2, 0) is 30.4 Å².